The number of nitrogens with one attached hydrogen (secondary N) is 1. The molecule has 2 aromatic heterocycles. The van der Waals surface area contributed by atoms with E-state index in [2.05, 4.69) is 35.9 Å². The molecule has 154 valence electrons. The van der Waals surface area contributed by atoms with Crippen molar-refractivity contribution in [1.82, 2.24) is 24.0 Å². The standard InChI is InChI=1S/C21H27N5O3/c1-14-11-25(12-15(2)29-14)13-17-22-19-18(20(27)23-21(28)24(19)3)26(17)10-9-16-7-5-4-6-8-16/h4-8,14-15H,9-13H2,1-3H3,(H,23,27,28)/t14-,15-/m0/s1. The first kappa shape index (κ1) is 19.6. The number of morpholine rings is 1. The third-order valence-corrected chi connectivity index (χ3v) is 5.41. The Morgan fingerprint density at radius 2 is 1.83 bits per heavy atom. The fraction of sp³-hybridized carbons (Fsp3) is 0.476. The molecule has 8 nitrogen and oxygen atoms in total. The Kier molecular flexibility index (Phi) is 5.38. The predicted molar refractivity (Wildman–Crippen MR) is 111 cm³/mol. The van der Waals surface area contributed by atoms with E-state index in [1.165, 1.54) is 10.1 Å². The smallest absolute Gasteiger partial charge is 0.329 e. The van der Waals surface area contributed by atoms with Crippen LogP contribution in [0.4, 0.5) is 0 Å². The molecule has 1 N–H and O–H groups in total. The number of aryl methyl sites for hydroxylation is 3. The highest BCUT2D eigenvalue weighted by atomic mass is 16.5. The molecule has 0 radical (unpaired) electrons. The van der Waals surface area contributed by atoms with Gasteiger partial charge in [0.15, 0.2) is 11.2 Å². The van der Waals surface area contributed by atoms with Gasteiger partial charge in [-0.25, -0.2) is 9.78 Å². The second-order valence-corrected chi connectivity index (χ2v) is 7.86. The van der Waals surface area contributed by atoms with Gasteiger partial charge in [-0.2, -0.15) is 0 Å². The molecule has 29 heavy (non-hydrogen) atoms. The van der Waals surface area contributed by atoms with Gasteiger partial charge in [0.25, 0.3) is 5.56 Å². The van der Waals surface area contributed by atoms with Crippen LogP contribution in [0.3, 0.4) is 0 Å². The molecule has 1 aliphatic heterocycles. The van der Waals surface area contributed by atoms with Crippen molar-refractivity contribution < 1.29 is 4.74 Å². The second kappa shape index (κ2) is 7.96. The summed E-state index contributed by atoms with van der Waals surface area (Å²) in [7, 11) is 1.64. The maximum Gasteiger partial charge on any atom is 0.329 e. The third-order valence-electron chi connectivity index (χ3n) is 5.41. The van der Waals surface area contributed by atoms with E-state index in [0.717, 1.165) is 25.3 Å². The average Bonchev–Trinajstić information content (AvgIpc) is 3.03. The topological polar surface area (TPSA) is 85.2 Å². The van der Waals surface area contributed by atoms with E-state index in [-0.39, 0.29) is 12.2 Å². The first-order valence-electron chi connectivity index (χ1n) is 10.0. The number of benzene rings is 1. The Morgan fingerprint density at radius 1 is 1.14 bits per heavy atom. The molecule has 0 saturated carbocycles. The monoisotopic (exact) mass is 397 g/mol. The molecule has 0 spiro atoms. The summed E-state index contributed by atoms with van der Waals surface area (Å²) in [5, 5.41) is 0. The van der Waals surface area contributed by atoms with Crippen LogP contribution >= 0.6 is 0 Å². The predicted octanol–water partition coefficient (Wildman–Crippen LogP) is 1.28. The highest BCUT2D eigenvalue weighted by molar-refractivity contribution is 5.70. The van der Waals surface area contributed by atoms with Gasteiger partial charge in [0.1, 0.15) is 5.82 Å². The number of hydrogen-bond donors (Lipinski definition) is 1. The summed E-state index contributed by atoms with van der Waals surface area (Å²) in [6.07, 6.45) is 1.07. The lowest BCUT2D eigenvalue weighted by atomic mass is 10.1. The molecule has 4 rings (SSSR count). The maximum absolute atomic E-state index is 12.6. The van der Waals surface area contributed by atoms with Crippen LogP contribution in [-0.2, 0) is 31.3 Å². The Hall–Kier alpha value is -2.71. The van der Waals surface area contributed by atoms with Gasteiger partial charge in [-0.3, -0.25) is 19.2 Å². The van der Waals surface area contributed by atoms with Gasteiger partial charge in [0, 0.05) is 26.7 Å². The van der Waals surface area contributed by atoms with Crippen LogP contribution in [0, 0.1) is 0 Å². The maximum atomic E-state index is 12.6. The minimum Gasteiger partial charge on any atom is -0.373 e. The first-order valence-corrected chi connectivity index (χ1v) is 10.0. The van der Waals surface area contributed by atoms with Crippen LogP contribution in [0.2, 0.25) is 0 Å². The Balaban J connectivity index is 1.73. The van der Waals surface area contributed by atoms with Gasteiger partial charge in [0.05, 0.1) is 18.8 Å². The summed E-state index contributed by atoms with van der Waals surface area (Å²) < 4.78 is 9.20. The Bertz CT molecular complexity index is 1110. The average molecular weight is 397 g/mol. The lowest BCUT2D eigenvalue weighted by Gasteiger charge is -2.35. The van der Waals surface area contributed by atoms with Crippen molar-refractivity contribution in [2.45, 2.75) is 45.6 Å². The molecule has 0 aliphatic carbocycles. The Labute approximate surface area is 168 Å². The summed E-state index contributed by atoms with van der Waals surface area (Å²) in [4.78, 5) is 34.1. The SMILES string of the molecule is C[C@H]1CN(Cc2nc3c(c(=O)[nH]c(=O)n3C)n2CCc2ccccc2)C[C@H](C)O1. The molecule has 3 aromatic rings. The molecule has 0 amide bonds. The molecule has 3 heterocycles. The molecular formula is C21H27N5O3. The third kappa shape index (κ3) is 4.04. The van der Waals surface area contributed by atoms with Crippen LogP contribution in [-0.4, -0.2) is 49.3 Å². The van der Waals surface area contributed by atoms with E-state index >= 15 is 0 Å². The van der Waals surface area contributed by atoms with Crippen LogP contribution in [0.25, 0.3) is 11.2 Å². The zero-order chi connectivity index (χ0) is 20.5. The largest absolute Gasteiger partial charge is 0.373 e. The van der Waals surface area contributed by atoms with E-state index in [1.807, 2.05) is 22.8 Å². The molecule has 8 heteroatoms. The van der Waals surface area contributed by atoms with Gasteiger partial charge >= 0.3 is 5.69 Å². The quantitative estimate of drug-likeness (QED) is 0.701. The molecule has 1 aromatic carbocycles. The highest BCUT2D eigenvalue weighted by Gasteiger charge is 2.25. The fourth-order valence-electron chi connectivity index (χ4n) is 4.14. The van der Waals surface area contributed by atoms with E-state index < -0.39 is 11.2 Å². The van der Waals surface area contributed by atoms with Gasteiger partial charge in [-0.1, -0.05) is 30.3 Å². The lowest BCUT2D eigenvalue weighted by molar-refractivity contribution is -0.0712. The molecule has 1 saturated heterocycles. The number of aromatic amines is 1. The molecule has 1 aliphatic rings. The van der Waals surface area contributed by atoms with Crippen LogP contribution in [0.1, 0.15) is 25.2 Å². The molecule has 2 atom stereocenters. The van der Waals surface area contributed by atoms with E-state index in [1.54, 1.807) is 7.05 Å². The van der Waals surface area contributed by atoms with Crippen LogP contribution in [0.15, 0.2) is 39.9 Å². The van der Waals surface area contributed by atoms with Crippen molar-refractivity contribution in [3.8, 4) is 0 Å². The van der Waals surface area contributed by atoms with E-state index in [4.69, 9.17) is 9.72 Å². The van der Waals surface area contributed by atoms with Crippen molar-refractivity contribution in [1.29, 1.82) is 0 Å². The summed E-state index contributed by atoms with van der Waals surface area (Å²) in [6, 6.07) is 10.2. The lowest BCUT2D eigenvalue weighted by Crippen LogP contribution is -2.45. The van der Waals surface area contributed by atoms with Crippen molar-refractivity contribution in [2.75, 3.05) is 13.1 Å². The van der Waals surface area contributed by atoms with Crippen molar-refractivity contribution in [3.63, 3.8) is 0 Å². The number of ether oxygens (including phenoxy) is 1. The molecule has 0 bridgehead atoms. The minimum absolute atomic E-state index is 0.147. The number of aromatic nitrogens is 4. The molecule has 1 fully saturated rings. The summed E-state index contributed by atoms with van der Waals surface area (Å²) in [5.74, 6) is 0.795. The number of fused-ring (bicyclic) bond motifs is 1. The number of rotatable bonds is 5. The summed E-state index contributed by atoms with van der Waals surface area (Å²) in [5.41, 5.74) is 1.23. The zero-order valence-corrected chi connectivity index (χ0v) is 17.1. The van der Waals surface area contributed by atoms with Crippen molar-refractivity contribution in [3.05, 3.63) is 62.6 Å². The number of imidazole rings is 1. The fourth-order valence-corrected chi connectivity index (χ4v) is 4.14. The summed E-state index contributed by atoms with van der Waals surface area (Å²) in [6.45, 7) is 6.97. The normalized spacial score (nSPS) is 20.4. The highest BCUT2D eigenvalue weighted by Crippen LogP contribution is 2.18. The van der Waals surface area contributed by atoms with Crippen molar-refractivity contribution >= 4 is 11.2 Å². The van der Waals surface area contributed by atoms with Gasteiger partial charge in [-0.15, -0.1) is 0 Å². The second-order valence-electron chi connectivity index (χ2n) is 7.86. The summed E-state index contributed by atoms with van der Waals surface area (Å²) >= 11 is 0. The van der Waals surface area contributed by atoms with E-state index in [0.29, 0.717) is 24.3 Å². The first-order chi connectivity index (χ1) is 13.9. The van der Waals surface area contributed by atoms with Crippen LogP contribution < -0.4 is 11.2 Å². The number of H-pyrrole nitrogens is 1. The molecule has 0 unspecified atom stereocenters. The van der Waals surface area contributed by atoms with Crippen molar-refractivity contribution in [2.24, 2.45) is 7.05 Å². The van der Waals surface area contributed by atoms with Gasteiger partial charge < -0.3 is 9.30 Å². The number of nitrogens with zero attached hydrogens (tertiary/aromatic N) is 4. The van der Waals surface area contributed by atoms with Crippen LogP contribution in [0.5, 0.6) is 0 Å². The molecular weight excluding hydrogens is 370 g/mol. The zero-order valence-electron chi connectivity index (χ0n) is 17.1. The number of hydrogen-bond acceptors (Lipinski definition) is 5. The minimum atomic E-state index is -0.449. The van der Waals surface area contributed by atoms with Gasteiger partial charge in [-0.05, 0) is 25.8 Å². The Morgan fingerprint density at radius 3 is 2.52 bits per heavy atom. The van der Waals surface area contributed by atoms with Gasteiger partial charge in [0.2, 0.25) is 0 Å². The van der Waals surface area contributed by atoms with E-state index in [9.17, 15) is 9.59 Å².